The second-order valence-electron chi connectivity index (χ2n) is 9.85. The van der Waals surface area contributed by atoms with Crippen molar-refractivity contribution in [1.29, 1.82) is 5.26 Å². The number of aliphatic hydroxyl groups excluding tert-OH is 1. The van der Waals surface area contributed by atoms with E-state index in [9.17, 15) is 15.2 Å². The van der Waals surface area contributed by atoms with Crippen molar-refractivity contribution in [2.75, 3.05) is 18.6 Å². The van der Waals surface area contributed by atoms with Crippen LogP contribution in [0.15, 0.2) is 42.9 Å². The summed E-state index contributed by atoms with van der Waals surface area (Å²) in [6.45, 7) is 3.28. The van der Waals surface area contributed by atoms with Crippen molar-refractivity contribution in [1.82, 2.24) is 14.6 Å². The van der Waals surface area contributed by atoms with Gasteiger partial charge in [-0.05, 0) is 57.4 Å². The summed E-state index contributed by atoms with van der Waals surface area (Å²) in [6.07, 6.45) is 3.89. The Kier molecular flexibility index (Phi) is 7.24. The fourth-order valence-corrected chi connectivity index (χ4v) is 4.94. The molecule has 0 saturated heterocycles. The fraction of sp³-hybridized carbons (Fsp3) is 0.462. The van der Waals surface area contributed by atoms with Crippen LogP contribution < -0.4 is 10.6 Å². The molecule has 10 heteroatoms. The Morgan fingerprint density at radius 2 is 2.14 bits per heavy atom. The Balaban J connectivity index is 1.72. The van der Waals surface area contributed by atoms with Gasteiger partial charge in [-0.1, -0.05) is 0 Å². The first-order valence-corrected chi connectivity index (χ1v) is 11.9. The Morgan fingerprint density at radius 3 is 2.83 bits per heavy atom. The van der Waals surface area contributed by atoms with E-state index >= 15 is 4.39 Å². The highest BCUT2D eigenvalue weighted by molar-refractivity contribution is 5.98. The molecule has 1 aliphatic carbocycles. The first kappa shape index (κ1) is 25.5. The lowest BCUT2D eigenvalue weighted by Crippen LogP contribution is -2.50. The SMILES string of the molecule is COC(C)(C)[C@H](F)CN(c1ccncc1C(N)=O)[C@H]1CC(c2ccc3cc(C#N)cnn23)C[C@@H](O)C1. The second-order valence-corrected chi connectivity index (χ2v) is 9.85. The number of carbonyl (C=O) groups excluding carboxylic acids is 1. The first-order chi connectivity index (χ1) is 17.1. The van der Waals surface area contributed by atoms with E-state index in [2.05, 4.69) is 16.2 Å². The highest BCUT2D eigenvalue weighted by atomic mass is 19.1. The zero-order valence-corrected chi connectivity index (χ0v) is 20.6. The molecule has 3 heterocycles. The Bertz CT molecular complexity index is 1290. The van der Waals surface area contributed by atoms with E-state index in [4.69, 9.17) is 10.5 Å². The summed E-state index contributed by atoms with van der Waals surface area (Å²) in [6, 6.07) is 9.05. The van der Waals surface area contributed by atoms with Gasteiger partial charge >= 0.3 is 0 Å². The molecule has 0 bridgehead atoms. The van der Waals surface area contributed by atoms with Crippen LogP contribution in [-0.2, 0) is 4.74 Å². The number of hydrogen-bond donors (Lipinski definition) is 2. The molecule has 0 radical (unpaired) electrons. The Morgan fingerprint density at radius 1 is 1.36 bits per heavy atom. The summed E-state index contributed by atoms with van der Waals surface area (Å²) in [5, 5.41) is 24.5. The summed E-state index contributed by atoms with van der Waals surface area (Å²) >= 11 is 0. The first-order valence-electron chi connectivity index (χ1n) is 11.9. The van der Waals surface area contributed by atoms with Gasteiger partial charge in [-0.25, -0.2) is 8.91 Å². The number of primary amides is 1. The number of methoxy groups -OCH3 is 1. The number of nitrogens with two attached hydrogens (primary N) is 1. The molecule has 0 aromatic carbocycles. The number of alkyl halides is 1. The van der Waals surface area contributed by atoms with Crippen LogP contribution in [0.1, 0.15) is 60.6 Å². The van der Waals surface area contributed by atoms with Crippen LogP contribution in [0.2, 0.25) is 0 Å². The maximum Gasteiger partial charge on any atom is 0.252 e. The smallest absolute Gasteiger partial charge is 0.252 e. The third-order valence-electron chi connectivity index (χ3n) is 7.19. The summed E-state index contributed by atoms with van der Waals surface area (Å²) in [4.78, 5) is 18.1. The van der Waals surface area contributed by atoms with Gasteiger partial charge in [0.05, 0.1) is 46.8 Å². The molecule has 1 amide bonds. The van der Waals surface area contributed by atoms with Crippen molar-refractivity contribution in [3.8, 4) is 6.07 Å². The molecule has 1 unspecified atom stereocenters. The predicted molar refractivity (Wildman–Crippen MR) is 132 cm³/mol. The van der Waals surface area contributed by atoms with Crippen molar-refractivity contribution in [3.05, 3.63) is 59.7 Å². The highest BCUT2D eigenvalue weighted by Crippen LogP contribution is 2.38. The van der Waals surface area contributed by atoms with E-state index in [0.717, 1.165) is 11.2 Å². The molecule has 3 aromatic rings. The standard InChI is InChI=1S/C26H31FN6O3/c1-26(2,36-3)24(27)15-32(23-6-7-30-14-21(23)25(29)35)19-9-17(10-20(34)11-19)22-5-4-18-8-16(12-28)13-31-33(18)22/h4-8,13-14,17,19-20,24,34H,9-11,15H2,1-3H3,(H2,29,35)/t17?,19-,20+,24+/m0/s1. The van der Waals surface area contributed by atoms with Gasteiger partial charge in [-0.15, -0.1) is 0 Å². The van der Waals surface area contributed by atoms with Crippen LogP contribution in [0, 0.1) is 11.3 Å². The van der Waals surface area contributed by atoms with Crippen molar-refractivity contribution in [2.45, 2.75) is 62.9 Å². The van der Waals surface area contributed by atoms with E-state index in [0.29, 0.717) is 30.5 Å². The van der Waals surface area contributed by atoms with Crippen LogP contribution in [0.4, 0.5) is 10.1 Å². The van der Waals surface area contributed by atoms with Crippen LogP contribution in [0.3, 0.4) is 0 Å². The van der Waals surface area contributed by atoms with Crippen LogP contribution >= 0.6 is 0 Å². The van der Waals surface area contributed by atoms with E-state index in [1.807, 2.05) is 17.0 Å². The summed E-state index contributed by atoms with van der Waals surface area (Å²) in [7, 11) is 1.46. The zero-order chi connectivity index (χ0) is 26.0. The molecule has 0 aliphatic heterocycles. The van der Waals surface area contributed by atoms with E-state index in [-0.39, 0.29) is 24.1 Å². The topological polar surface area (TPSA) is 130 Å². The molecule has 3 aromatic heterocycles. The maximum atomic E-state index is 15.6. The maximum absolute atomic E-state index is 15.6. The monoisotopic (exact) mass is 494 g/mol. The van der Waals surface area contributed by atoms with Gasteiger partial charge in [0.25, 0.3) is 5.91 Å². The fourth-order valence-electron chi connectivity index (χ4n) is 4.94. The number of carbonyl (C=O) groups is 1. The van der Waals surface area contributed by atoms with Crippen molar-refractivity contribution in [3.63, 3.8) is 0 Å². The number of aromatic nitrogens is 3. The number of ether oxygens (including phenoxy) is 1. The summed E-state index contributed by atoms with van der Waals surface area (Å²) in [5.74, 6) is -0.746. The third-order valence-corrected chi connectivity index (χ3v) is 7.19. The average Bonchev–Trinajstić information content (AvgIpc) is 3.29. The third kappa shape index (κ3) is 5.03. The lowest BCUT2D eigenvalue weighted by Gasteiger charge is -2.43. The van der Waals surface area contributed by atoms with Crippen LogP contribution in [0.5, 0.6) is 0 Å². The number of rotatable bonds is 8. The number of fused-ring (bicyclic) bond motifs is 1. The van der Waals surface area contributed by atoms with E-state index < -0.39 is 23.8 Å². The predicted octanol–water partition coefficient (Wildman–Crippen LogP) is 2.97. The minimum atomic E-state index is -1.39. The number of pyridine rings is 1. The quantitative estimate of drug-likeness (QED) is 0.492. The van der Waals surface area contributed by atoms with Gasteiger partial charge in [0.15, 0.2) is 0 Å². The Hall–Kier alpha value is -3.55. The number of hydrogen-bond acceptors (Lipinski definition) is 7. The lowest BCUT2D eigenvalue weighted by molar-refractivity contribution is -0.0399. The molecule has 4 rings (SSSR count). The van der Waals surface area contributed by atoms with Crippen molar-refractivity contribution >= 4 is 17.1 Å². The minimum absolute atomic E-state index is 0.0616. The number of halogens is 1. The van der Waals surface area contributed by atoms with Gasteiger partial charge in [-0.3, -0.25) is 9.78 Å². The van der Waals surface area contributed by atoms with Crippen molar-refractivity contribution < 1.29 is 19.0 Å². The van der Waals surface area contributed by atoms with Gasteiger partial charge in [-0.2, -0.15) is 10.4 Å². The van der Waals surface area contributed by atoms with Gasteiger partial charge in [0.2, 0.25) is 0 Å². The Labute approximate surface area is 209 Å². The molecule has 3 N–H and O–H groups in total. The minimum Gasteiger partial charge on any atom is -0.393 e. The zero-order valence-electron chi connectivity index (χ0n) is 20.6. The molecule has 4 atom stereocenters. The summed E-state index contributed by atoms with van der Waals surface area (Å²) < 4.78 is 22.7. The molecule has 9 nitrogen and oxygen atoms in total. The summed E-state index contributed by atoms with van der Waals surface area (Å²) in [5.41, 5.74) is 7.38. The largest absolute Gasteiger partial charge is 0.393 e. The molecular formula is C26H31FN6O3. The van der Waals surface area contributed by atoms with Crippen molar-refractivity contribution in [2.24, 2.45) is 5.73 Å². The lowest BCUT2D eigenvalue weighted by atomic mass is 9.80. The van der Waals surface area contributed by atoms with Gasteiger partial charge < -0.3 is 20.5 Å². The normalized spacial score (nSPS) is 21.2. The number of nitrogens with zero attached hydrogens (tertiary/aromatic N) is 5. The number of anilines is 1. The number of amides is 1. The van der Waals surface area contributed by atoms with E-state index in [1.54, 1.807) is 30.5 Å². The average molecular weight is 495 g/mol. The van der Waals surface area contributed by atoms with Gasteiger partial charge in [0.1, 0.15) is 12.2 Å². The molecular weight excluding hydrogens is 463 g/mol. The van der Waals surface area contributed by atoms with Crippen LogP contribution in [-0.4, -0.2) is 63.2 Å². The molecule has 190 valence electrons. The number of nitriles is 1. The van der Waals surface area contributed by atoms with Gasteiger partial charge in [0, 0.05) is 37.2 Å². The molecule has 1 fully saturated rings. The molecule has 1 saturated carbocycles. The highest BCUT2D eigenvalue weighted by Gasteiger charge is 2.38. The number of aliphatic hydroxyl groups is 1. The second kappa shape index (κ2) is 10.2. The molecule has 36 heavy (non-hydrogen) atoms. The molecule has 0 spiro atoms. The van der Waals surface area contributed by atoms with Crippen LogP contribution in [0.25, 0.3) is 5.52 Å². The molecule has 1 aliphatic rings. The van der Waals surface area contributed by atoms with E-state index in [1.165, 1.54) is 25.7 Å².